The number of halogens is 1. The first kappa shape index (κ1) is 19.2. The number of benzene rings is 3. The molecule has 4 aromatic rings. The fourth-order valence-corrected chi connectivity index (χ4v) is 4.49. The van der Waals surface area contributed by atoms with Crippen molar-refractivity contribution in [2.24, 2.45) is 0 Å². The molecule has 0 bridgehead atoms. The molecular weight excluding hydrogens is 378 g/mol. The molecule has 4 heteroatoms. The molecule has 0 spiro atoms. The molecule has 0 unspecified atom stereocenters. The van der Waals surface area contributed by atoms with Gasteiger partial charge in [0.1, 0.15) is 0 Å². The van der Waals surface area contributed by atoms with Gasteiger partial charge in [0, 0.05) is 23.9 Å². The molecule has 29 heavy (non-hydrogen) atoms. The van der Waals surface area contributed by atoms with Gasteiger partial charge in [-0.1, -0.05) is 66.7 Å². The smallest absolute Gasteiger partial charge is 0.0855 e. The minimum absolute atomic E-state index is 0. The lowest BCUT2D eigenvalue weighted by Crippen LogP contribution is -2.42. The van der Waals surface area contributed by atoms with Crippen molar-refractivity contribution < 1.29 is 0 Å². The van der Waals surface area contributed by atoms with Crippen molar-refractivity contribution in [3.8, 4) is 6.07 Å². The highest BCUT2D eigenvalue weighted by atomic mass is 35.5. The van der Waals surface area contributed by atoms with Gasteiger partial charge in [-0.2, -0.15) is 5.26 Å². The van der Waals surface area contributed by atoms with Gasteiger partial charge in [0.15, 0.2) is 0 Å². The molecule has 0 saturated carbocycles. The van der Waals surface area contributed by atoms with Crippen molar-refractivity contribution in [3.63, 3.8) is 0 Å². The fourth-order valence-electron chi connectivity index (χ4n) is 4.49. The Labute approximate surface area is 177 Å². The molecule has 1 aliphatic rings. The average Bonchev–Trinajstić information content (AvgIpc) is 2.78. The molecule has 3 aromatic carbocycles. The number of piperidine rings is 1. The minimum Gasteiger partial charge on any atom is -0.370 e. The molecule has 2 heterocycles. The van der Waals surface area contributed by atoms with Crippen LogP contribution in [0.1, 0.15) is 18.4 Å². The van der Waals surface area contributed by atoms with Crippen molar-refractivity contribution in [1.29, 1.82) is 5.26 Å². The van der Waals surface area contributed by atoms with Gasteiger partial charge >= 0.3 is 0 Å². The second-order valence-electron chi connectivity index (χ2n) is 7.54. The van der Waals surface area contributed by atoms with Crippen molar-refractivity contribution >= 4 is 39.9 Å². The number of anilines is 1. The number of nitrogens with zero attached hydrogens (tertiary/aromatic N) is 3. The molecular formula is C25H22ClN3. The Bertz CT molecular complexity index is 1140. The lowest BCUT2D eigenvalue weighted by atomic mass is 9.74. The van der Waals surface area contributed by atoms with E-state index >= 15 is 0 Å². The summed E-state index contributed by atoms with van der Waals surface area (Å²) in [6.07, 6.45) is 1.66. The third-order valence-corrected chi connectivity index (χ3v) is 6.03. The van der Waals surface area contributed by atoms with Gasteiger partial charge in [-0.3, -0.25) is 0 Å². The molecule has 1 aliphatic heterocycles. The third kappa shape index (κ3) is 3.20. The maximum absolute atomic E-state index is 10.0. The summed E-state index contributed by atoms with van der Waals surface area (Å²) >= 11 is 0. The Morgan fingerprint density at radius 3 is 1.83 bits per heavy atom. The number of fused-ring (bicyclic) bond motifs is 2. The predicted octanol–water partition coefficient (Wildman–Crippen LogP) is 5.87. The standard InChI is InChI=1S/C25H21N3.ClH/c26-18-25(19-8-2-1-3-9-19)14-16-28(17-15-25)24-20-10-4-6-12-22(20)27-23-13-7-5-11-21(23)24;/h1-13H,14-17H2;1H. The number of rotatable bonds is 2. The number of hydrogen-bond acceptors (Lipinski definition) is 3. The van der Waals surface area contributed by atoms with Crippen LogP contribution in [-0.2, 0) is 5.41 Å². The summed E-state index contributed by atoms with van der Waals surface area (Å²) in [5, 5.41) is 12.4. The Balaban J connectivity index is 0.00000205. The second-order valence-corrected chi connectivity index (χ2v) is 7.54. The number of hydrogen-bond donors (Lipinski definition) is 0. The first-order valence-electron chi connectivity index (χ1n) is 9.80. The normalized spacial score (nSPS) is 15.6. The molecule has 0 atom stereocenters. The van der Waals surface area contributed by atoms with Crippen molar-refractivity contribution in [2.75, 3.05) is 18.0 Å². The van der Waals surface area contributed by atoms with E-state index in [1.165, 1.54) is 16.5 Å². The fraction of sp³-hybridized carbons (Fsp3) is 0.200. The first-order valence-corrected chi connectivity index (χ1v) is 9.80. The molecule has 0 amide bonds. The van der Waals surface area contributed by atoms with Crippen molar-refractivity contribution in [3.05, 3.63) is 84.4 Å². The van der Waals surface area contributed by atoms with E-state index in [0.717, 1.165) is 42.5 Å². The van der Waals surface area contributed by atoms with Crippen LogP contribution < -0.4 is 4.90 Å². The highest BCUT2D eigenvalue weighted by molar-refractivity contribution is 6.07. The Morgan fingerprint density at radius 1 is 0.759 bits per heavy atom. The second kappa shape index (κ2) is 7.73. The van der Waals surface area contributed by atoms with Crippen LogP contribution in [0.3, 0.4) is 0 Å². The quantitative estimate of drug-likeness (QED) is 0.395. The number of aromatic nitrogens is 1. The van der Waals surface area contributed by atoms with Gasteiger partial charge in [-0.05, 0) is 30.5 Å². The summed E-state index contributed by atoms with van der Waals surface area (Å²) < 4.78 is 0. The van der Waals surface area contributed by atoms with Crippen LogP contribution in [0.25, 0.3) is 21.8 Å². The van der Waals surface area contributed by atoms with E-state index < -0.39 is 5.41 Å². The molecule has 144 valence electrons. The number of pyridine rings is 1. The number of nitriles is 1. The van der Waals surface area contributed by atoms with Crippen LogP contribution in [0, 0.1) is 11.3 Å². The monoisotopic (exact) mass is 399 g/mol. The lowest BCUT2D eigenvalue weighted by Gasteiger charge is -2.39. The third-order valence-electron chi connectivity index (χ3n) is 6.03. The van der Waals surface area contributed by atoms with Gasteiger partial charge in [-0.25, -0.2) is 4.98 Å². The van der Waals surface area contributed by atoms with Gasteiger partial charge < -0.3 is 4.90 Å². The first-order chi connectivity index (χ1) is 13.8. The van der Waals surface area contributed by atoms with E-state index in [9.17, 15) is 5.26 Å². The van der Waals surface area contributed by atoms with Crippen LogP contribution in [0.5, 0.6) is 0 Å². The molecule has 0 N–H and O–H groups in total. The van der Waals surface area contributed by atoms with Crippen LogP contribution in [0.15, 0.2) is 78.9 Å². The molecule has 3 nitrogen and oxygen atoms in total. The summed E-state index contributed by atoms with van der Waals surface area (Å²) in [6, 6.07) is 29.6. The van der Waals surface area contributed by atoms with E-state index in [2.05, 4.69) is 59.5 Å². The Hall–Kier alpha value is -3.09. The molecule has 0 radical (unpaired) electrons. The predicted molar refractivity (Wildman–Crippen MR) is 122 cm³/mol. The summed E-state index contributed by atoms with van der Waals surface area (Å²) in [4.78, 5) is 7.30. The van der Waals surface area contributed by atoms with E-state index in [1.807, 2.05) is 30.3 Å². The largest absolute Gasteiger partial charge is 0.370 e. The average molecular weight is 400 g/mol. The number of para-hydroxylation sites is 2. The van der Waals surface area contributed by atoms with Crippen molar-refractivity contribution in [2.45, 2.75) is 18.3 Å². The Kier molecular flexibility index (Phi) is 5.13. The van der Waals surface area contributed by atoms with Crippen LogP contribution >= 0.6 is 12.4 Å². The molecule has 5 rings (SSSR count). The van der Waals surface area contributed by atoms with Crippen LogP contribution in [0.4, 0.5) is 5.69 Å². The zero-order chi connectivity index (χ0) is 19.0. The maximum Gasteiger partial charge on any atom is 0.0855 e. The van der Waals surface area contributed by atoms with E-state index in [-0.39, 0.29) is 12.4 Å². The maximum atomic E-state index is 10.0. The summed E-state index contributed by atoms with van der Waals surface area (Å²) in [5.74, 6) is 0. The van der Waals surface area contributed by atoms with E-state index in [1.54, 1.807) is 0 Å². The summed E-state index contributed by atoms with van der Waals surface area (Å²) in [5.41, 5.74) is 4.05. The van der Waals surface area contributed by atoms with Crippen molar-refractivity contribution in [1.82, 2.24) is 4.98 Å². The van der Waals surface area contributed by atoms with Crippen LogP contribution in [0.2, 0.25) is 0 Å². The molecule has 1 fully saturated rings. The minimum atomic E-state index is -0.392. The van der Waals surface area contributed by atoms with Gasteiger partial charge in [0.2, 0.25) is 0 Å². The van der Waals surface area contributed by atoms with Gasteiger partial charge in [0.25, 0.3) is 0 Å². The van der Waals surface area contributed by atoms with E-state index in [4.69, 9.17) is 4.98 Å². The molecule has 0 aliphatic carbocycles. The van der Waals surface area contributed by atoms with Gasteiger partial charge in [-0.15, -0.1) is 12.4 Å². The van der Waals surface area contributed by atoms with E-state index in [0.29, 0.717) is 0 Å². The highest BCUT2D eigenvalue weighted by Crippen LogP contribution is 2.40. The van der Waals surface area contributed by atoms with Gasteiger partial charge in [0.05, 0.1) is 28.2 Å². The highest BCUT2D eigenvalue weighted by Gasteiger charge is 2.37. The van der Waals surface area contributed by atoms with Crippen LogP contribution in [-0.4, -0.2) is 18.1 Å². The zero-order valence-corrected chi connectivity index (χ0v) is 16.9. The molecule has 1 aromatic heterocycles. The summed E-state index contributed by atoms with van der Waals surface area (Å²) in [7, 11) is 0. The summed E-state index contributed by atoms with van der Waals surface area (Å²) in [6.45, 7) is 1.72. The SMILES string of the molecule is Cl.N#CC1(c2ccccc2)CCN(c2c3ccccc3nc3ccccc23)CC1. The zero-order valence-electron chi connectivity index (χ0n) is 16.1. The molecule has 1 saturated heterocycles. The Morgan fingerprint density at radius 2 is 1.28 bits per heavy atom. The lowest BCUT2D eigenvalue weighted by molar-refractivity contribution is 0.416. The topological polar surface area (TPSA) is 39.9 Å².